The largest absolute Gasteiger partial charge is 2.00 e. The second kappa shape index (κ2) is 602. The van der Waals surface area contributed by atoms with Gasteiger partial charge in [0.25, 0.3) is 0 Å². The molecule has 0 spiro atoms. The quantitative estimate of drug-likeness (QED) is 0.202. The smallest absolute Gasteiger partial charge is 1.00 e. The standard InChI is InChI=1S/8ClH.Co.6H3N/h8*1H;;6*1H3/q;;;;;;;;+2;;;;;;/p-2. The van der Waals surface area contributed by atoms with Gasteiger partial charge in [0.15, 0.2) is 0 Å². The van der Waals surface area contributed by atoms with Crippen LogP contribution in [0.5, 0.6) is 0 Å². The molecule has 0 fully saturated rings. The van der Waals surface area contributed by atoms with Crippen LogP contribution in [0, 0.1) is 0 Å². The topological polar surface area (TPSA) is 219 Å². The number of hydrogen-bond donors (Lipinski definition) is 6. The Kier molecular flexibility index (Phi) is 29000. The van der Waals surface area contributed by atoms with E-state index < -0.39 is 0 Å². The van der Waals surface area contributed by atoms with Gasteiger partial charge in [-0.15, -0.1) is 0 Å². The molecule has 6 nitrogen and oxygen atoms in total. The Hall–Kier alpha value is 2.59. The Balaban J connectivity index is 0. The summed E-state index contributed by atoms with van der Waals surface area (Å²) in [4.78, 5) is 0. The Morgan fingerprint density at radius 1 is 0.200 bits per heavy atom. The summed E-state index contributed by atoms with van der Waals surface area (Å²) in [6, 6.07) is 0. The zero-order chi connectivity index (χ0) is 0. The molecule has 0 heterocycles. The number of hydrogen-bond acceptors (Lipinski definition) is 0. The summed E-state index contributed by atoms with van der Waals surface area (Å²) < 4.78 is 0. The maximum atomic E-state index is 0. The van der Waals surface area contributed by atoms with Crippen molar-refractivity contribution >= 4 is 0 Å². The zero-order valence-electron chi connectivity index (χ0n) is 9.36. The minimum atomic E-state index is 0. The van der Waals surface area contributed by atoms with Gasteiger partial charge in [-0.25, -0.2) is 0 Å². The molecule has 0 aliphatic heterocycles. The van der Waals surface area contributed by atoms with Gasteiger partial charge in [0.05, 0.1) is 0 Å². The number of quaternary nitrogens is 6. The molecule has 24 N–H and O–H groups in total. The van der Waals surface area contributed by atoms with Crippen molar-refractivity contribution in [3.05, 3.63) is 0 Å². The van der Waals surface area contributed by atoms with E-state index in [-0.39, 0.29) is 153 Å². The molecule has 15 heavy (non-hydrogen) atoms. The van der Waals surface area contributed by atoms with Crippen LogP contribution in [0.2, 0.25) is 0 Å². The van der Waals surface area contributed by atoms with E-state index in [1.165, 1.54) is 0 Å². The summed E-state index contributed by atoms with van der Waals surface area (Å²) >= 11 is 0. The van der Waals surface area contributed by atoms with E-state index in [2.05, 4.69) is 0 Å². The number of rotatable bonds is 0. The maximum Gasteiger partial charge on any atom is 2.00 e. The molecule has 0 amide bonds. The van der Waals surface area contributed by atoms with Gasteiger partial charge in [-0.05, 0) is 0 Å². The van der Waals surface area contributed by atoms with Gasteiger partial charge in [0.1, 0.15) is 0 Å². The van der Waals surface area contributed by atoms with Gasteiger partial charge >= 0.3 is 16.8 Å². The van der Waals surface area contributed by atoms with Gasteiger partial charge in [-0.1, -0.05) is 0 Å². The molecule has 0 saturated heterocycles. The van der Waals surface area contributed by atoms with Crippen molar-refractivity contribution in [2.45, 2.75) is 0 Å². The SMILES string of the molecule is [Cl-].[Cl-].[Cl-].[Cl-].[Cl-].[Cl-].[Cl-].[Cl-].[Co+2].[NH4+].[NH4+].[NH4+].[NH4+].[NH4+].[NH4+]. The molecular formula is H24Cl8CoN6. The van der Waals surface area contributed by atoms with Crippen LogP contribution in [-0.2, 0) is 16.8 Å². The van der Waals surface area contributed by atoms with Crippen molar-refractivity contribution in [1.29, 1.82) is 0 Å². The van der Waals surface area contributed by atoms with Crippen molar-refractivity contribution in [3.63, 3.8) is 0 Å². The molecule has 0 aliphatic carbocycles. The molecule has 0 aromatic heterocycles. The third-order valence-electron chi connectivity index (χ3n) is 0. The minimum Gasteiger partial charge on any atom is -1.00 e. The summed E-state index contributed by atoms with van der Waals surface area (Å²) in [6.07, 6.45) is 0. The van der Waals surface area contributed by atoms with E-state index in [0.29, 0.717) is 0 Å². The molecule has 0 atom stereocenters. The predicted octanol–water partition coefficient (Wildman–Crippen LogP) is -21.7. The fourth-order valence-electron chi connectivity index (χ4n) is 0. The summed E-state index contributed by atoms with van der Waals surface area (Å²) in [7, 11) is 0. The molecule has 0 saturated carbocycles. The summed E-state index contributed by atoms with van der Waals surface area (Å²) in [5, 5.41) is 0. The molecule has 0 aliphatic rings. The van der Waals surface area contributed by atoms with Crippen LogP contribution in [0.4, 0.5) is 0 Å². The molecule has 0 unspecified atom stereocenters. The molecule has 1 radical (unpaired) electrons. The Bertz CT molecular complexity index is 19.1. The van der Waals surface area contributed by atoms with E-state index in [1.54, 1.807) is 0 Å². The van der Waals surface area contributed by atoms with Crippen molar-refractivity contribution in [2.75, 3.05) is 0 Å². The van der Waals surface area contributed by atoms with Gasteiger partial charge in [-0.3, -0.25) is 0 Å². The van der Waals surface area contributed by atoms with Crippen LogP contribution in [0.25, 0.3) is 0 Å². The van der Waals surface area contributed by atoms with E-state index in [4.69, 9.17) is 0 Å². The first kappa shape index (κ1) is 723. The maximum absolute atomic E-state index is 0. The van der Waals surface area contributed by atoms with E-state index in [0.717, 1.165) is 0 Å². The van der Waals surface area contributed by atoms with E-state index in [1.807, 2.05) is 0 Å². The van der Waals surface area contributed by atoms with Gasteiger partial charge < -0.3 is 136 Å². The van der Waals surface area contributed by atoms with Crippen LogP contribution in [0.3, 0.4) is 0 Å². The Morgan fingerprint density at radius 2 is 0.200 bits per heavy atom. The first-order valence-corrected chi connectivity index (χ1v) is 0. The molecule has 0 bridgehead atoms. The first-order valence-electron chi connectivity index (χ1n) is 0. The molecule has 0 rings (SSSR count). The first-order chi connectivity index (χ1) is 0. The average Bonchev–Trinajstić information content (AvgIpc) is 0. The van der Waals surface area contributed by atoms with Crippen LogP contribution >= 0.6 is 0 Å². The third kappa shape index (κ3) is 528. The van der Waals surface area contributed by atoms with Crippen LogP contribution in [-0.4, -0.2) is 0 Å². The summed E-state index contributed by atoms with van der Waals surface area (Å²) in [6.45, 7) is 0. The van der Waals surface area contributed by atoms with Crippen molar-refractivity contribution in [1.82, 2.24) is 36.9 Å². The van der Waals surface area contributed by atoms with Gasteiger partial charge in [-0.2, -0.15) is 0 Å². The van der Waals surface area contributed by atoms with Crippen LogP contribution in [0.15, 0.2) is 0 Å². The third-order valence-corrected chi connectivity index (χ3v) is 0. The average molecular weight is 451 g/mol. The Labute approximate surface area is 152 Å². The van der Waals surface area contributed by atoms with Crippen LogP contribution in [0.1, 0.15) is 0 Å². The Morgan fingerprint density at radius 3 is 0.200 bits per heavy atom. The predicted molar refractivity (Wildman–Crippen MR) is 35.9 cm³/mol. The fourth-order valence-corrected chi connectivity index (χ4v) is 0. The van der Waals surface area contributed by atoms with Gasteiger partial charge in [0, 0.05) is 0 Å². The van der Waals surface area contributed by atoms with Crippen molar-refractivity contribution in [2.24, 2.45) is 0 Å². The van der Waals surface area contributed by atoms with Crippen LogP contribution < -0.4 is 136 Å². The monoisotopic (exact) mass is 447 g/mol. The molecule has 15 heteroatoms. The second-order valence-electron chi connectivity index (χ2n) is 0. The van der Waals surface area contributed by atoms with E-state index in [9.17, 15) is 0 Å². The van der Waals surface area contributed by atoms with Crippen molar-refractivity contribution < 1.29 is 116 Å². The summed E-state index contributed by atoms with van der Waals surface area (Å²) in [5.74, 6) is 0. The number of halogens is 8. The minimum absolute atomic E-state index is 0. The fraction of sp³-hybridized carbons (Fsp3) is 0. The second-order valence-corrected chi connectivity index (χ2v) is 0. The van der Waals surface area contributed by atoms with Crippen molar-refractivity contribution in [3.8, 4) is 0 Å². The molecule has 119 valence electrons. The molecule has 0 aromatic rings. The zero-order valence-corrected chi connectivity index (χ0v) is 16.4. The van der Waals surface area contributed by atoms with E-state index >= 15 is 0 Å². The van der Waals surface area contributed by atoms with Gasteiger partial charge in [0.2, 0.25) is 0 Å². The summed E-state index contributed by atoms with van der Waals surface area (Å²) in [5.41, 5.74) is 0. The molecular weight excluding hydrogens is 427 g/mol. The molecule has 0 aromatic carbocycles. The normalized spacial score (nSPS) is 0.